The summed E-state index contributed by atoms with van der Waals surface area (Å²) in [5, 5.41) is 3.21. The van der Waals surface area contributed by atoms with Crippen LogP contribution in [0.1, 0.15) is 37.1 Å². The van der Waals surface area contributed by atoms with Crippen molar-refractivity contribution >= 4 is 0 Å². The smallest absolute Gasteiger partial charge is 0.130 e. The van der Waals surface area contributed by atoms with Gasteiger partial charge in [0.2, 0.25) is 0 Å². The van der Waals surface area contributed by atoms with Crippen LogP contribution in [0.25, 0.3) is 0 Å². The average Bonchev–Trinajstić information content (AvgIpc) is 2.94. The molecule has 0 radical (unpaired) electrons. The molecule has 1 aromatic heterocycles. The second kappa shape index (κ2) is 7.20. The summed E-state index contributed by atoms with van der Waals surface area (Å²) in [5.74, 6) is -0.179. The number of hydrogen-bond acceptors (Lipinski definition) is 2. The Bertz CT molecular complexity index is 505. The predicted molar refractivity (Wildman–Crippen MR) is 74.4 cm³/mol. The van der Waals surface area contributed by atoms with Crippen molar-refractivity contribution < 1.29 is 13.2 Å². The summed E-state index contributed by atoms with van der Waals surface area (Å²) in [4.78, 5) is 0. The van der Waals surface area contributed by atoms with Crippen molar-refractivity contribution in [2.75, 3.05) is 6.54 Å². The molecule has 0 saturated carbocycles. The standard InChI is InChI=1S/C16H19F2NO/c1-2-10-19-15(9-8-12-5-4-11-20-12)16-13(17)6-3-7-14(16)18/h3-7,11,15,19H,2,8-10H2,1H3. The Balaban J connectivity index is 2.13. The van der Waals surface area contributed by atoms with E-state index in [4.69, 9.17) is 4.42 Å². The molecule has 0 aliphatic heterocycles. The van der Waals surface area contributed by atoms with Gasteiger partial charge in [-0.25, -0.2) is 8.78 Å². The molecule has 1 unspecified atom stereocenters. The van der Waals surface area contributed by atoms with Crippen LogP contribution in [-0.2, 0) is 6.42 Å². The molecule has 0 fully saturated rings. The van der Waals surface area contributed by atoms with Gasteiger partial charge in [-0.05, 0) is 43.7 Å². The first-order chi connectivity index (χ1) is 9.72. The number of rotatable bonds is 7. The lowest BCUT2D eigenvalue weighted by molar-refractivity contribution is 0.424. The van der Waals surface area contributed by atoms with Gasteiger partial charge in [-0.1, -0.05) is 13.0 Å². The molecule has 2 aromatic rings. The Morgan fingerprint density at radius 3 is 2.50 bits per heavy atom. The molecule has 20 heavy (non-hydrogen) atoms. The highest BCUT2D eigenvalue weighted by atomic mass is 19.1. The minimum absolute atomic E-state index is 0.118. The van der Waals surface area contributed by atoms with Crippen LogP contribution in [0.15, 0.2) is 41.0 Å². The van der Waals surface area contributed by atoms with Gasteiger partial charge < -0.3 is 9.73 Å². The van der Waals surface area contributed by atoms with E-state index in [1.165, 1.54) is 18.2 Å². The van der Waals surface area contributed by atoms with E-state index in [1.807, 2.05) is 19.1 Å². The second-order valence-electron chi connectivity index (χ2n) is 4.76. The molecule has 108 valence electrons. The summed E-state index contributed by atoms with van der Waals surface area (Å²) in [6.45, 7) is 2.74. The van der Waals surface area contributed by atoms with E-state index in [1.54, 1.807) is 6.26 Å². The molecule has 0 saturated heterocycles. The molecule has 2 nitrogen and oxygen atoms in total. The predicted octanol–water partition coefficient (Wildman–Crippen LogP) is 4.23. The largest absolute Gasteiger partial charge is 0.469 e. The molecule has 0 aliphatic carbocycles. The normalized spacial score (nSPS) is 12.6. The van der Waals surface area contributed by atoms with Gasteiger partial charge in [0.1, 0.15) is 17.4 Å². The Hall–Kier alpha value is -1.68. The van der Waals surface area contributed by atoms with E-state index < -0.39 is 11.6 Å². The highest BCUT2D eigenvalue weighted by molar-refractivity contribution is 5.23. The van der Waals surface area contributed by atoms with Crippen molar-refractivity contribution in [3.8, 4) is 0 Å². The lowest BCUT2D eigenvalue weighted by Crippen LogP contribution is -2.24. The zero-order valence-electron chi connectivity index (χ0n) is 11.5. The second-order valence-corrected chi connectivity index (χ2v) is 4.76. The van der Waals surface area contributed by atoms with Gasteiger partial charge in [0, 0.05) is 18.0 Å². The summed E-state index contributed by atoms with van der Waals surface area (Å²) in [6.07, 6.45) is 3.74. The third-order valence-corrected chi connectivity index (χ3v) is 3.25. The van der Waals surface area contributed by atoms with Crippen LogP contribution in [-0.4, -0.2) is 6.54 Å². The van der Waals surface area contributed by atoms with Gasteiger partial charge in [-0.15, -0.1) is 0 Å². The first-order valence-electron chi connectivity index (χ1n) is 6.92. The van der Waals surface area contributed by atoms with E-state index >= 15 is 0 Å². The third kappa shape index (κ3) is 3.67. The molecule has 0 amide bonds. The number of halogens is 2. The molecule has 2 rings (SSSR count). The fourth-order valence-electron chi connectivity index (χ4n) is 2.25. The lowest BCUT2D eigenvalue weighted by Gasteiger charge is -2.19. The van der Waals surface area contributed by atoms with E-state index in [0.717, 1.165) is 18.7 Å². The van der Waals surface area contributed by atoms with Crippen LogP contribution in [0.5, 0.6) is 0 Å². The zero-order valence-corrected chi connectivity index (χ0v) is 11.5. The minimum Gasteiger partial charge on any atom is -0.469 e. The maximum absolute atomic E-state index is 13.9. The fraction of sp³-hybridized carbons (Fsp3) is 0.375. The molecule has 0 bridgehead atoms. The summed E-state index contributed by atoms with van der Waals surface area (Å²) in [7, 11) is 0. The molecule has 1 N–H and O–H groups in total. The monoisotopic (exact) mass is 279 g/mol. The maximum Gasteiger partial charge on any atom is 0.130 e. The Kier molecular flexibility index (Phi) is 5.30. The molecule has 1 aromatic carbocycles. The topological polar surface area (TPSA) is 25.2 Å². The SMILES string of the molecule is CCCNC(CCc1ccco1)c1c(F)cccc1F. The zero-order chi connectivity index (χ0) is 14.4. The van der Waals surface area contributed by atoms with Gasteiger partial charge in [0.05, 0.1) is 6.26 Å². The highest BCUT2D eigenvalue weighted by Crippen LogP contribution is 2.25. The van der Waals surface area contributed by atoms with Crippen molar-refractivity contribution in [1.29, 1.82) is 0 Å². The van der Waals surface area contributed by atoms with Crippen LogP contribution in [0.4, 0.5) is 8.78 Å². The summed E-state index contributed by atoms with van der Waals surface area (Å²) in [5.41, 5.74) is 0.118. The Morgan fingerprint density at radius 2 is 1.90 bits per heavy atom. The number of aryl methyl sites for hydroxylation is 1. The van der Waals surface area contributed by atoms with E-state index in [9.17, 15) is 8.78 Å². The summed E-state index contributed by atoms with van der Waals surface area (Å²) in [6, 6.07) is 7.32. The average molecular weight is 279 g/mol. The van der Waals surface area contributed by atoms with E-state index in [2.05, 4.69) is 5.32 Å². The van der Waals surface area contributed by atoms with Crippen LogP contribution >= 0.6 is 0 Å². The van der Waals surface area contributed by atoms with Crippen LogP contribution in [0.3, 0.4) is 0 Å². The van der Waals surface area contributed by atoms with Crippen molar-refractivity contribution in [3.05, 3.63) is 59.6 Å². The van der Waals surface area contributed by atoms with Crippen LogP contribution < -0.4 is 5.32 Å². The van der Waals surface area contributed by atoms with Gasteiger partial charge in [-0.3, -0.25) is 0 Å². The molecule has 0 aliphatic rings. The molecule has 4 heteroatoms. The molecule has 1 atom stereocenters. The van der Waals surface area contributed by atoms with Crippen molar-refractivity contribution in [1.82, 2.24) is 5.32 Å². The number of benzene rings is 1. The first-order valence-corrected chi connectivity index (χ1v) is 6.92. The molecular formula is C16H19F2NO. The lowest BCUT2D eigenvalue weighted by atomic mass is 9.99. The van der Waals surface area contributed by atoms with E-state index in [-0.39, 0.29) is 11.6 Å². The van der Waals surface area contributed by atoms with Crippen LogP contribution in [0, 0.1) is 11.6 Å². The third-order valence-electron chi connectivity index (χ3n) is 3.25. The minimum atomic E-state index is -0.502. The Morgan fingerprint density at radius 1 is 1.15 bits per heavy atom. The quantitative estimate of drug-likeness (QED) is 0.820. The summed E-state index contributed by atoms with van der Waals surface area (Å²) < 4.78 is 33.0. The van der Waals surface area contributed by atoms with Gasteiger partial charge in [-0.2, -0.15) is 0 Å². The first kappa shape index (κ1) is 14.7. The van der Waals surface area contributed by atoms with Crippen molar-refractivity contribution in [2.45, 2.75) is 32.2 Å². The van der Waals surface area contributed by atoms with Gasteiger partial charge >= 0.3 is 0 Å². The Labute approximate surface area is 117 Å². The molecular weight excluding hydrogens is 260 g/mol. The van der Waals surface area contributed by atoms with Crippen molar-refractivity contribution in [2.24, 2.45) is 0 Å². The number of furan rings is 1. The number of nitrogens with one attached hydrogen (secondary N) is 1. The molecule has 1 heterocycles. The highest BCUT2D eigenvalue weighted by Gasteiger charge is 2.19. The maximum atomic E-state index is 13.9. The fourth-order valence-corrected chi connectivity index (χ4v) is 2.25. The number of hydrogen-bond donors (Lipinski definition) is 1. The summed E-state index contributed by atoms with van der Waals surface area (Å²) >= 11 is 0. The van der Waals surface area contributed by atoms with Crippen molar-refractivity contribution in [3.63, 3.8) is 0 Å². The van der Waals surface area contributed by atoms with Crippen LogP contribution in [0.2, 0.25) is 0 Å². The van der Waals surface area contributed by atoms with Gasteiger partial charge in [0.15, 0.2) is 0 Å². The van der Waals surface area contributed by atoms with Gasteiger partial charge in [0.25, 0.3) is 0 Å². The van der Waals surface area contributed by atoms with E-state index in [0.29, 0.717) is 12.8 Å². The molecule has 0 spiro atoms.